The number of hydrogen-bond donors (Lipinski definition) is 2. The molecule has 5 nitrogen and oxygen atoms in total. The fourth-order valence-electron chi connectivity index (χ4n) is 2.45. The minimum Gasteiger partial charge on any atom is -0.336 e. The quantitative estimate of drug-likeness (QED) is 0.815. The Bertz CT molecular complexity index is 612. The maximum absolute atomic E-state index is 12.2. The number of halogens is 1. The largest absolute Gasteiger partial charge is 0.336 e. The Morgan fingerprint density at radius 3 is 2.79 bits per heavy atom. The van der Waals surface area contributed by atoms with Crippen LogP contribution in [0, 0.1) is 0 Å². The molecule has 2 N–H and O–H groups in total. The monoisotopic (exact) mass is 277 g/mol. The Morgan fingerprint density at radius 2 is 2.05 bits per heavy atom. The number of carbonyl (C=O) groups excluding carboxylic acids is 2. The smallest absolute Gasteiger partial charge is 0.319 e. The van der Waals surface area contributed by atoms with Gasteiger partial charge in [0.1, 0.15) is 0 Å². The molecule has 3 rings (SSSR count). The van der Waals surface area contributed by atoms with E-state index in [0.717, 1.165) is 5.56 Å². The van der Waals surface area contributed by atoms with Gasteiger partial charge in [0.2, 0.25) is 0 Å². The van der Waals surface area contributed by atoms with Crippen LogP contribution in [0.5, 0.6) is 0 Å². The molecule has 0 bridgehead atoms. The van der Waals surface area contributed by atoms with Gasteiger partial charge < -0.3 is 15.5 Å². The summed E-state index contributed by atoms with van der Waals surface area (Å²) in [4.78, 5) is 25.4. The van der Waals surface area contributed by atoms with Crippen LogP contribution in [0.2, 0.25) is 5.02 Å². The predicted octanol–water partition coefficient (Wildman–Crippen LogP) is 1.42. The third kappa shape index (κ3) is 1.86. The number of rotatable bonds is 1. The Kier molecular flexibility index (Phi) is 2.71. The molecule has 0 unspecified atom stereocenters. The topological polar surface area (TPSA) is 61.4 Å². The van der Waals surface area contributed by atoms with Crippen molar-refractivity contribution < 1.29 is 9.59 Å². The summed E-state index contributed by atoms with van der Waals surface area (Å²) in [5.74, 6) is -0.0904. The van der Waals surface area contributed by atoms with Gasteiger partial charge >= 0.3 is 6.03 Å². The van der Waals surface area contributed by atoms with E-state index in [0.29, 0.717) is 22.8 Å². The van der Waals surface area contributed by atoms with Crippen molar-refractivity contribution in [1.82, 2.24) is 15.5 Å². The van der Waals surface area contributed by atoms with Crippen molar-refractivity contribution in [2.75, 3.05) is 13.6 Å². The van der Waals surface area contributed by atoms with Crippen LogP contribution in [0.4, 0.5) is 4.79 Å². The van der Waals surface area contributed by atoms with Crippen LogP contribution < -0.4 is 10.6 Å². The van der Waals surface area contributed by atoms with Crippen LogP contribution >= 0.6 is 11.6 Å². The normalized spacial score (nSPS) is 22.2. The number of carbonyl (C=O) groups is 2. The molecule has 6 heteroatoms. The van der Waals surface area contributed by atoms with E-state index in [-0.39, 0.29) is 11.9 Å². The zero-order valence-corrected chi connectivity index (χ0v) is 11.0. The van der Waals surface area contributed by atoms with Gasteiger partial charge in [-0.2, -0.15) is 0 Å². The van der Waals surface area contributed by atoms with Crippen molar-refractivity contribution in [3.8, 4) is 0 Å². The Hall–Kier alpha value is -2.01. The van der Waals surface area contributed by atoms with Crippen molar-refractivity contribution in [3.05, 3.63) is 46.1 Å². The van der Waals surface area contributed by atoms with Gasteiger partial charge in [0.25, 0.3) is 5.91 Å². The lowest BCUT2D eigenvalue weighted by Crippen LogP contribution is -2.44. The van der Waals surface area contributed by atoms with E-state index in [1.165, 1.54) is 0 Å². The number of hydrogen-bond acceptors (Lipinski definition) is 2. The molecule has 2 heterocycles. The van der Waals surface area contributed by atoms with Crippen LogP contribution in [-0.2, 0) is 4.79 Å². The third-order valence-corrected chi connectivity index (χ3v) is 3.69. The summed E-state index contributed by atoms with van der Waals surface area (Å²) in [6, 6.07) is 6.40. The Balaban J connectivity index is 2.10. The molecule has 2 aliphatic rings. The molecule has 0 saturated carbocycles. The van der Waals surface area contributed by atoms with Gasteiger partial charge in [-0.15, -0.1) is 0 Å². The highest BCUT2D eigenvalue weighted by atomic mass is 35.5. The first kappa shape index (κ1) is 12.0. The number of urea groups is 1. The molecule has 0 aromatic heterocycles. The minimum absolute atomic E-state index is 0.0904. The molecule has 1 aromatic rings. The molecule has 0 spiro atoms. The standard InChI is InChI=1S/C13H12ClN3O2/c1-17-6-9-10(12(17)18)11(16-13(19)15-9)7-4-2-3-5-8(7)14/h2-5,11H,6H2,1H3,(H2,15,16,19)/t11-/m1/s1. The van der Waals surface area contributed by atoms with E-state index in [9.17, 15) is 9.59 Å². The number of amides is 3. The highest BCUT2D eigenvalue weighted by Crippen LogP contribution is 2.34. The Labute approximate surface area is 115 Å². The molecule has 1 aromatic carbocycles. The fourth-order valence-corrected chi connectivity index (χ4v) is 2.70. The van der Waals surface area contributed by atoms with Gasteiger partial charge in [0, 0.05) is 12.1 Å². The van der Waals surface area contributed by atoms with Crippen LogP contribution in [0.25, 0.3) is 0 Å². The zero-order chi connectivity index (χ0) is 13.6. The highest BCUT2D eigenvalue weighted by molar-refractivity contribution is 6.31. The van der Waals surface area contributed by atoms with E-state index < -0.39 is 6.04 Å². The minimum atomic E-state index is -0.491. The first-order chi connectivity index (χ1) is 9.08. The van der Waals surface area contributed by atoms with Gasteiger partial charge in [0.05, 0.1) is 23.9 Å². The average Bonchev–Trinajstić information content (AvgIpc) is 2.64. The number of benzene rings is 1. The molecule has 19 heavy (non-hydrogen) atoms. The summed E-state index contributed by atoms with van der Waals surface area (Å²) in [6.07, 6.45) is 0. The average molecular weight is 278 g/mol. The summed E-state index contributed by atoms with van der Waals surface area (Å²) in [5.41, 5.74) is 1.95. The SMILES string of the molecule is CN1CC2=C(C1=O)[C@@H](c1ccccc1Cl)NC(=O)N2. The summed E-state index contributed by atoms with van der Waals surface area (Å²) in [6.45, 7) is 0.419. The van der Waals surface area contributed by atoms with Gasteiger partial charge in [-0.05, 0) is 11.6 Å². The van der Waals surface area contributed by atoms with E-state index in [2.05, 4.69) is 10.6 Å². The lowest BCUT2D eigenvalue weighted by molar-refractivity contribution is -0.124. The molecule has 1 atom stereocenters. The third-order valence-electron chi connectivity index (χ3n) is 3.34. The molecule has 3 amide bonds. The maximum atomic E-state index is 12.2. The van der Waals surface area contributed by atoms with Gasteiger partial charge in [-0.1, -0.05) is 29.8 Å². The van der Waals surface area contributed by atoms with Gasteiger partial charge in [-0.3, -0.25) is 4.79 Å². The molecule has 0 saturated heterocycles. The first-order valence-electron chi connectivity index (χ1n) is 5.88. The van der Waals surface area contributed by atoms with Gasteiger partial charge in [0.15, 0.2) is 0 Å². The zero-order valence-electron chi connectivity index (χ0n) is 10.2. The maximum Gasteiger partial charge on any atom is 0.319 e. The van der Waals surface area contributed by atoms with Crippen molar-refractivity contribution in [1.29, 1.82) is 0 Å². The second kappa shape index (κ2) is 4.28. The summed E-state index contributed by atoms with van der Waals surface area (Å²) < 4.78 is 0. The predicted molar refractivity (Wildman–Crippen MR) is 70.5 cm³/mol. The summed E-state index contributed by atoms with van der Waals surface area (Å²) in [7, 11) is 1.70. The lowest BCUT2D eigenvalue weighted by Gasteiger charge is -2.26. The van der Waals surface area contributed by atoms with Crippen molar-refractivity contribution in [2.45, 2.75) is 6.04 Å². The number of nitrogens with one attached hydrogen (secondary N) is 2. The second-order valence-corrected chi connectivity index (χ2v) is 5.01. The molecular weight excluding hydrogens is 266 g/mol. The van der Waals surface area contributed by atoms with Crippen molar-refractivity contribution in [2.24, 2.45) is 0 Å². The summed E-state index contributed by atoms with van der Waals surface area (Å²) in [5, 5.41) is 5.97. The number of nitrogens with zero attached hydrogens (tertiary/aromatic N) is 1. The van der Waals surface area contributed by atoms with Crippen LogP contribution in [-0.4, -0.2) is 30.4 Å². The first-order valence-corrected chi connectivity index (χ1v) is 6.26. The van der Waals surface area contributed by atoms with E-state index in [4.69, 9.17) is 11.6 Å². The van der Waals surface area contributed by atoms with E-state index >= 15 is 0 Å². The van der Waals surface area contributed by atoms with Crippen LogP contribution in [0.3, 0.4) is 0 Å². The highest BCUT2D eigenvalue weighted by Gasteiger charge is 2.39. The molecule has 98 valence electrons. The van der Waals surface area contributed by atoms with Crippen molar-refractivity contribution >= 4 is 23.5 Å². The number of likely N-dealkylation sites (N-methyl/N-ethyl adjacent to an activating group) is 1. The summed E-state index contributed by atoms with van der Waals surface area (Å²) >= 11 is 6.16. The molecule has 0 fully saturated rings. The second-order valence-electron chi connectivity index (χ2n) is 4.61. The van der Waals surface area contributed by atoms with E-state index in [1.54, 1.807) is 18.0 Å². The molecule has 2 aliphatic heterocycles. The van der Waals surface area contributed by atoms with E-state index in [1.807, 2.05) is 18.2 Å². The van der Waals surface area contributed by atoms with Crippen LogP contribution in [0.1, 0.15) is 11.6 Å². The Morgan fingerprint density at radius 1 is 1.32 bits per heavy atom. The lowest BCUT2D eigenvalue weighted by atomic mass is 9.96. The molecule has 0 aliphatic carbocycles. The van der Waals surface area contributed by atoms with Crippen LogP contribution in [0.15, 0.2) is 35.5 Å². The van der Waals surface area contributed by atoms with Crippen molar-refractivity contribution in [3.63, 3.8) is 0 Å². The molecule has 0 radical (unpaired) electrons. The molecular formula is C13H12ClN3O2. The fraction of sp³-hybridized carbons (Fsp3) is 0.231. The van der Waals surface area contributed by atoms with Gasteiger partial charge in [-0.25, -0.2) is 4.79 Å².